The van der Waals surface area contributed by atoms with Gasteiger partial charge in [0.2, 0.25) is 11.6 Å². The largest absolute Gasteiger partial charge is 0.481 e. The molecule has 4 aliphatic rings. The lowest BCUT2D eigenvalue weighted by molar-refractivity contribution is -0.180. The van der Waals surface area contributed by atoms with Gasteiger partial charge in [0, 0.05) is 11.3 Å². The van der Waals surface area contributed by atoms with Crippen molar-refractivity contribution in [3.8, 4) is 0 Å². The Bertz CT molecular complexity index is 940. The van der Waals surface area contributed by atoms with Gasteiger partial charge in [0.05, 0.1) is 5.92 Å². The average molecular weight is 501 g/mol. The molecule has 11 atom stereocenters. The molecule has 36 heavy (non-hydrogen) atoms. The van der Waals surface area contributed by atoms with E-state index in [1.807, 2.05) is 0 Å². The van der Waals surface area contributed by atoms with Gasteiger partial charge in [0.25, 0.3) is 6.47 Å². The molecule has 6 heteroatoms. The number of carboxylic acids is 1. The molecule has 4 rings (SSSR count). The maximum absolute atomic E-state index is 14.0. The molecule has 3 unspecified atom stereocenters. The predicted octanol–water partition coefficient (Wildman–Crippen LogP) is 5.48. The molecular weight excluding hydrogens is 456 g/mol. The number of ketones is 2. The highest BCUT2D eigenvalue weighted by molar-refractivity contribution is 6.41. The van der Waals surface area contributed by atoms with Crippen LogP contribution in [0, 0.1) is 58.2 Å². The first-order valence-electron chi connectivity index (χ1n) is 14.0. The lowest BCUT2D eigenvalue weighted by atomic mass is 9.42. The van der Waals surface area contributed by atoms with Crippen molar-refractivity contribution < 1.29 is 29.0 Å². The number of fused-ring (bicyclic) bond motifs is 5. The quantitative estimate of drug-likeness (QED) is 0.269. The van der Waals surface area contributed by atoms with E-state index in [-0.39, 0.29) is 64.5 Å². The van der Waals surface area contributed by atoms with E-state index >= 15 is 0 Å². The Morgan fingerprint density at radius 1 is 1.14 bits per heavy atom. The molecule has 0 aliphatic heterocycles. The molecule has 1 N–H and O–H groups in total. The zero-order valence-corrected chi connectivity index (χ0v) is 22.6. The second-order valence-electron chi connectivity index (χ2n) is 13.0. The van der Waals surface area contributed by atoms with Crippen molar-refractivity contribution in [1.29, 1.82) is 0 Å². The zero-order chi connectivity index (χ0) is 26.6. The van der Waals surface area contributed by atoms with Crippen molar-refractivity contribution in [2.24, 2.45) is 58.2 Å². The molecule has 0 saturated heterocycles. The smallest absolute Gasteiger partial charge is 0.310 e. The fourth-order valence-corrected chi connectivity index (χ4v) is 9.48. The highest BCUT2D eigenvalue weighted by Gasteiger charge is 2.68. The normalized spacial score (nSPS) is 43.5. The molecule has 6 nitrogen and oxygen atoms in total. The number of aliphatic carboxylic acids is 1. The van der Waals surface area contributed by atoms with E-state index in [9.17, 15) is 24.3 Å². The lowest BCUT2D eigenvalue weighted by Crippen LogP contribution is -2.63. The zero-order valence-electron chi connectivity index (χ0n) is 22.6. The van der Waals surface area contributed by atoms with Gasteiger partial charge in [0.15, 0.2) is 0 Å². The molecule has 0 heterocycles. The third kappa shape index (κ3) is 3.98. The predicted molar refractivity (Wildman–Crippen MR) is 136 cm³/mol. The Hall–Kier alpha value is -1.98. The summed E-state index contributed by atoms with van der Waals surface area (Å²) in [7, 11) is 0. The third-order valence-corrected chi connectivity index (χ3v) is 11.6. The van der Waals surface area contributed by atoms with Gasteiger partial charge in [-0.2, -0.15) is 0 Å². The Morgan fingerprint density at radius 2 is 1.81 bits per heavy atom. The fourth-order valence-electron chi connectivity index (χ4n) is 9.48. The van der Waals surface area contributed by atoms with Crippen molar-refractivity contribution in [3.63, 3.8) is 0 Å². The number of rotatable bonds is 8. The van der Waals surface area contributed by atoms with Gasteiger partial charge in [-0.25, -0.2) is 0 Å². The number of hydrogen-bond acceptors (Lipinski definition) is 5. The Balaban J connectivity index is 1.55. The minimum atomic E-state index is -0.857. The Labute approximate surface area is 215 Å². The van der Waals surface area contributed by atoms with Gasteiger partial charge in [0.1, 0.15) is 6.10 Å². The van der Waals surface area contributed by atoms with Crippen LogP contribution >= 0.6 is 0 Å². The van der Waals surface area contributed by atoms with E-state index in [0.717, 1.165) is 50.5 Å². The molecule has 200 valence electrons. The number of ether oxygens (including phenoxy) is 1. The van der Waals surface area contributed by atoms with Crippen molar-refractivity contribution >= 4 is 24.0 Å². The molecule has 0 aromatic rings. The molecular formula is C30H44O6. The van der Waals surface area contributed by atoms with Crippen LogP contribution in [0.25, 0.3) is 0 Å². The van der Waals surface area contributed by atoms with E-state index in [2.05, 4.69) is 34.3 Å². The van der Waals surface area contributed by atoms with E-state index in [0.29, 0.717) is 12.9 Å². The monoisotopic (exact) mass is 500 g/mol. The number of carbonyl (C=O) groups is 4. The van der Waals surface area contributed by atoms with Crippen LogP contribution in [0.2, 0.25) is 0 Å². The molecule has 0 aromatic carbocycles. The molecule has 4 aliphatic carbocycles. The number of hydrogen-bond donors (Lipinski definition) is 1. The molecule has 0 spiro atoms. The summed E-state index contributed by atoms with van der Waals surface area (Å²) in [6, 6.07) is 0. The number of carboxylic acid groups (broad SMARTS) is 1. The summed E-state index contributed by atoms with van der Waals surface area (Å²) in [6.07, 6.45) is 6.76. The summed E-state index contributed by atoms with van der Waals surface area (Å²) >= 11 is 0. The second kappa shape index (κ2) is 9.72. The van der Waals surface area contributed by atoms with Crippen molar-refractivity contribution in [2.75, 3.05) is 0 Å². The Morgan fingerprint density at radius 3 is 2.44 bits per heavy atom. The number of Topliss-reactive ketones (excluding diaryl/α,β-unsaturated/α-hetero) is 2. The first kappa shape index (κ1) is 27.1. The first-order valence-corrected chi connectivity index (χ1v) is 14.0. The van der Waals surface area contributed by atoms with Crippen LogP contribution in [0.15, 0.2) is 12.2 Å². The van der Waals surface area contributed by atoms with Crippen LogP contribution in [0.1, 0.15) is 86.0 Å². The van der Waals surface area contributed by atoms with E-state index in [4.69, 9.17) is 4.74 Å². The van der Waals surface area contributed by atoms with Gasteiger partial charge in [-0.3, -0.25) is 19.2 Å². The standard InChI is InChI=1S/C30H44O6/c1-16(18(3)28(34)35)7-8-17(2)21-11-12-23-20-9-10-22-19(4)24(36-15-31)13-14-29(22,5)25(20)26(32)27(33)30(21,23)6/h15,17-25H,1,7-14H2,2-6H3,(H,34,35)/t17-,18?,19+,20?,21-,22+,23+,24-,25?,29+,30-/m1/s1. The average Bonchev–Trinajstić information content (AvgIpc) is 3.20. The molecule has 0 radical (unpaired) electrons. The van der Waals surface area contributed by atoms with Crippen LogP contribution in [0.5, 0.6) is 0 Å². The molecule has 4 fully saturated rings. The molecule has 4 saturated carbocycles. The van der Waals surface area contributed by atoms with E-state index in [1.165, 1.54) is 0 Å². The Kier molecular flexibility index (Phi) is 7.31. The summed E-state index contributed by atoms with van der Waals surface area (Å²) < 4.78 is 5.40. The van der Waals surface area contributed by atoms with Crippen molar-refractivity contribution in [2.45, 2.75) is 92.1 Å². The van der Waals surface area contributed by atoms with Crippen LogP contribution in [-0.2, 0) is 23.9 Å². The molecule has 0 bridgehead atoms. The maximum Gasteiger partial charge on any atom is 0.310 e. The number of carbonyl (C=O) groups excluding carboxylic acids is 3. The fraction of sp³-hybridized carbons (Fsp3) is 0.800. The van der Waals surface area contributed by atoms with Crippen LogP contribution < -0.4 is 0 Å². The second-order valence-corrected chi connectivity index (χ2v) is 13.0. The minimum absolute atomic E-state index is 0.105. The summed E-state index contributed by atoms with van der Waals surface area (Å²) in [5.74, 6) is -0.722. The van der Waals surface area contributed by atoms with Crippen molar-refractivity contribution in [1.82, 2.24) is 0 Å². The van der Waals surface area contributed by atoms with E-state index < -0.39 is 17.3 Å². The van der Waals surface area contributed by atoms with Gasteiger partial charge in [-0.05, 0) is 99.2 Å². The molecule has 0 aromatic heterocycles. The first-order chi connectivity index (χ1) is 16.9. The van der Waals surface area contributed by atoms with Gasteiger partial charge in [-0.1, -0.05) is 39.8 Å². The van der Waals surface area contributed by atoms with E-state index in [1.54, 1.807) is 6.92 Å². The molecule has 0 amide bonds. The van der Waals surface area contributed by atoms with Crippen LogP contribution in [-0.4, -0.2) is 35.2 Å². The highest BCUT2D eigenvalue weighted by atomic mass is 16.5. The lowest BCUT2D eigenvalue weighted by Gasteiger charge is -2.60. The maximum atomic E-state index is 14.0. The highest BCUT2D eigenvalue weighted by Crippen LogP contribution is 2.67. The minimum Gasteiger partial charge on any atom is -0.481 e. The third-order valence-electron chi connectivity index (χ3n) is 11.6. The summed E-state index contributed by atoms with van der Waals surface area (Å²) in [6.45, 7) is 14.8. The van der Waals surface area contributed by atoms with Crippen LogP contribution in [0.4, 0.5) is 0 Å². The summed E-state index contributed by atoms with van der Waals surface area (Å²) in [5.41, 5.74) is -0.146. The topological polar surface area (TPSA) is 97.7 Å². The SMILES string of the molecule is C=C(CC[C@@H](C)[C@H]1CC[C@H]2C3CC[C@H]4[C@H](C)[C@H](OC=O)CC[C@]4(C)C3C(=O)C(=O)[C@]12C)C(C)C(=O)O. The van der Waals surface area contributed by atoms with Gasteiger partial charge >= 0.3 is 5.97 Å². The van der Waals surface area contributed by atoms with Gasteiger partial charge in [-0.15, -0.1) is 0 Å². The van der Waals surface area contributed by atoms with Gasteiger partial charge < -0.3 is 9.84 Å². The van der Waals surface area contributed by atoms with Crippen molar-refractivity contribution in [3.05, 3.63) is 12.2 Å². The summed E-state index contributed by atoms with van der Waals surface area (Å²) in [5, 5.41) is 9.29. The van der Waals surface area contributed by atoms with Crippen LogP contribution in [0.3, 0.4) is 0 Å². The summed E-state index contributed by atoms with van der Waals surface area (Å²) in [4.78, 5) is 50.3.